The van der Waals surface area contributed by atoms with Crippen LogP contribution in [0, 0.1) is 5.92 Å². The van der Waals surface area contributed by atoms with Crippen molar-refractivity contribution in [2.75, 3.05) is 6.61 Å². The molecule has 0 spiro atoms. The van der Waals surface area contributed by atoms with E-state index >= 15 is 0 Å². The number of hydrogen-bond donors (Lipinski definition) is 0. The highest BCUT2D eigenvalue weighted by molar-refractivity contribution is 5.66. The average molecular weight is 316 g/mol. The van der Waals surface area contributed by atoms with Gasteiger partial charge in [0, 0.05) is 6.92 Å². The normalized spacial score (nSPS) is 11.8. The monoisotopic (exact) mass is 316 g/mol. The SMILES string of the molecule is CCCCCCCc1ccc(C=C(COC(C)=O)C(C)C)cc1. The van der Waals surface area contributed by atoms with Crippen LogP contribution < -0.4 is 0 Å². The molecule has 0 heterocycles. The van der Waals surface area contributed by atoms with Crippen LogP contribution in [-0.2, 0) is 16.0 Å². The fourth-order valence-corrected chi connectivity index (χ4v) is 2.49. The maximum absolute atomic E-state index is 11.0. The number of unbranched alkanes of at least 4 members (excludes halogenated alkanes) is 4. The van der Waals surface area contributed by atoms with Crippen LogP contribution in [0.25, 0.3) is 6.08 Å². The summed E-state index contributed by atoms with van der Waals surface area (Å²) in [4.78, 5) is 11.0. The Morgan fingerprint density at radius 3 is 2.30 bits per heavy atom. The van der Waals surface area contributed by atoms with Gasteiger partial charge in [-0.25, -0.2) is 0 Å². The second-order valence-corrected chi connectivity index (χ2v) is 6.56. The molecule has 0 aliphatic heterocycles. The molecule has 0 unspecified atom stereocenters. The first-order valence-electron chi connectivity index (χ1n) is 8.95. The summed E-state index contributed by atoms with van der Waals surface area (Å²) in [6, 6.07) is 8.76. The van der Waals surface area contributed by atoms with E-state index in [2.05, 4.69) is 51.1 Å². The van der Waals surface area contributed by atoms with Crippen LogP contribution in [0.2, 0.25) is 0 Å². The molecule has 0 aliphatic rings. The van der Waals surface area contributed by atoms with Crippen LogP contribution in [0.3, 0.4) is 0 Å². The number of benzene rings is 1. The number of rotatable bonds is 10. The molecule has 0 saturated heterocycles. The predicted molar refractivity (Wildman–Crippen MR) is 98.4 cm³/mol. The van der Waals surface area contributed by atoms with Crippen molar-refractivity contribution in [2.45, 2.75) is 66.2 Å². The van der Waals surface area contributed by atoms with E-state index in [-0.39, 0.29) is 5.97 Å². The molecule has 128 valence electrons. The smallest absolute Gasteiger partial charge is 0.302 e. The standard InChI is InChI=1S/C21H32O2/c1-5-6-7-8-9-10-19-11-13-20(14-12-19)15-21(17(2)3)16-23-18(4)22/h11-15,17H,5-10,16H2,1-4H3. The van der Waals surface area contributed by atoms with E-state index < -0.39 is 0 Å². The quantitative estimate of drug-likeness (QED) is 0.402. The molecule has 0 saturated carbocycles. The van der Waals surface area contributed by atoms with Gasteiger partial charge in [-0.15, -0.1) is 0 Å². The maximum Gasteiger partial charge on any atom is 0.302 e. The third-order valence-corrected chi connectivity index (χ3v) is 4.08. The van der Waals surface area contributed by atoms with Gasteiger partial charge in [0.25, 0.3) is 0 Å². The lowest BCUT2D eigenvalue weighted by Gasteiger charge is -2.11. The first-order valence-corrected chi connectivity index (χ1v) is 8.95. The van der Waals surface area contributed by atoms with E-state index in [4.69, 9.17) is 4.74 Å². The third-order valence-electron chi connectivity index (χ3n) is 4.08. The van der Waals surface area contributed by atoms with Crippen LogP contribution >= 0.6 is 0 Å². The lowest BCUT2D eigenvalue weighted by Crippen LogP contribution is -2.07. The van der Waals surface area contributed by atoms with E-state index in [0.29, 0.717) is 12.5 Å². The summed E-state index contributed by atoms with van der Waals surface area (Å²) in [7, 11) is 0. The molecular formula is C21H32O2. The van der Waals surface area contributed by atoms with Crippen molar-refractivity contribution in [1.29, 1.82) is 0 Å². The lowest BCUT2D eigenvalue weighted by atomic mass is 9.99. The van der Waals surface area contributed by atoms with E-state index in [1.165, 1.54) is 50.2 Å². The Balaban J connectivity index is 2.56. The van der Waals surface area contributed by atoms with Gasteiger partial charge in [0.1, 0.15) is 6.61 Å². The molecule has 1 rings (SSSR count). The molecule has 0 N–H and O–H groups in total. The molecule has 1 aromatic carbocycles. The first-order chi connectivity index (χ1) is 11.0. The predicted octanol–water partition coefficient (Wildman–Crippen LogP) is 5.80. The molecule has 0 radical (unpaired) electrons. The summed E-state index contributed by atoms with van der Waals surface area (Å²) >= 11 is 0. The number of esters is 1. The summed E-state index contributed by atoms with van der Waals surface area (Å²) in [5, 5.41) is 0. The van der Waals surface area contributed by atoms with Gasteiger partial charge in [0.15, 0.2) is 0 Å². The van der Waals surface area contributed by atoms with Crippen LogP contribution in [0.15, 0.2) is 29.8 Å². The zero-order valence-electron chi connectivity index (χ0n) is 15.2. The van der Waals surface area contributed by atoms with Crippen molar-refractivity contribution >= 4 is 12.0 Å². The van der Waals surface area contributed by atoms with E-state index in [0.717, 1.165) is 12.0 Å². The molecule has 0 atom stereocenters. The molecule has 0 aromatic heterocycles. The summed E-state index contributed by atoms with van der Waals surface area (Å²) in [5.41, 5.74) is 3.73. The summed E-state index contributed by atoms with van der Waals surface area (Å²) in [6.07, 6.45) is 9.91. The zero-order chi connectivity index (χ0) is 17.1. The van der Waals surface area contributed by atoms with Gasteiger partial charge in [-0.3, -0.25) is 4.79 Å². The van der Waals surface area contributed by atoms with Crippen LogP contribution in [0.1, 0.15) is 70.9 Å². The fourth-order valence-electron chi connectivity index (χ4n) is 2.49. The van der Waals surface area contributed by atoms with Crippen molar-refractivity contribution in [3.05, 3.63) is 41.0 Å². The Morgan fingerprint density at radius 2 is 1.74 bits per heavy atom. The second-order valence-electron chi connectivity index (χ2n) is 6.56. The van der Waals surface area contributed by atoms with E-state index in [9.17, 15) is 4.79 Å². The minimum Gasteiger partial charge on any atom is -0.461 e. The van der Waals surface area contributed by atoms with Gasteiger partial charge in [-0.1, -0.05) is 76.8 Å². The van der Waals surface area contributed by atoms with Crippen LogP contribution in [-0.4, -0.2) is 12.6 Å². The van der Waals surface area contributed by atoms with Crippen LogP contribution in [0.4, 0.5) is 0 Å². The van der Waals surface area contributed by atoms with Gasteiger partial charge >= 0.3 is 5.97 Å². The minimum atomic E-state index is -0.227. The van der Waals surface area contributed by atoms with Crippen molar-refractivity contribution in [2.24, 2.45) is 5.92 Å². The van der Waals surface area contributed by atoms with Crippen LogP contribution in [0.5, 0.6) is 0 Å². The number of carbonyl (C=O) groups is 1. The molecule has 0 aliphatic carbocycles. The van der Waals surface area contributed by atoms with Gasteiger partial charge < -0.3 is 4.74 Å². The number of ether oxygens (including phenoxy) is 1. The first kappa shape index (κ1) is 19.5. The van der Waals surface area contributed by atoms with E-state index in [1.807, 2.05) is 0 Å². The topological polar surface area (TPSA) is 26.3 Å². The van der Waals surface area contributed by atoms with Gasteiger partial charge in [0.05, 0.1) is 0 Å². The van der Waals surface area contributed by atoms with Gasteiger partial charge in [0.2, 0.25) is 0 Å². The third kappa shape index (κ3) is 8.59. The molecule has 0 bridgehead atoms. The van der Waals surface area contributed by atoms with Crippen molar-refractivity contribution in [1.82, 2.24) is 0 Å². The molecule has 1 aromatic rings. The van der Waals surface area contributed by atoms with Crippen molar-refractivity contribution in [3.8, 4) is 0 Å². The highest BCUT2D eigenvalue weighted by Crippen LogP contribution is 2.17. The van der Waals surface area contributed by atoms with E-state index in [1.54, 1.807) is 0 Å². The summed E-state index contributed by atoms with van der Waals surface area (Å²) < 4.78 is 5.14. The number of carbonyl (C=O) groups excluding carboxylic acids is 1. The number of hydrogen-bond acceptors (Lipinski definition) is 2. The van der Waals surface area contributed by atoms with Crippen molar-refractivity contribution < 1.29 is 9.53 Å². The maximum atomic E-state index is 11.0. The highest BCUT2D eigenvalue weighted by atomic mass is 16.5. The zero-order valence-corrected chi connectivity index (χ0v) is 15.2. The Kier molecular flexibility index (Phi) is 9.35. The Bertz CT molecular complexity index is 483. The minimum absolute atomic E-state index is 0.227. The molecule has 2 nitrogen and oxygen atoms in total. The Labute approximate surface area is 141 Å². The fraction of sp³-hybridized carbons (Fsp3) is 0.571. The van der Waals surface area contributed by atoms with Gasteiger partial charge in [-0.05, 0) is 35.5 Å². The summed E-state index contributed by atoms with van der Waals surface area (Å²) in [5.74, 6) is 0.141. The largest absolute Gasteiger partial charge is 0.461 e. The van der Waals surface area contributed by atoms with Gasteiger partial charge in [-0.2, -0.15) is 0 Å². The Hall–Kier alpha value is -1.57. The molecule has 2 heteroatoms. The number of aryl methyl sites for hydroxylation is 1. The average Bonchev–Trinajstić information content (AvgIpc) is 2.52. The lowest BCUT2D eigenvalue weighted by molar-refractivity contribution is -0.140. The molecule has 0 amide bonds. The highest BCUT2D eigenvalue weighted by Gasteiger charge is 2.06. The molecular weight excluding hydrogens is 284 g/mol. The Morgan fingerprint density at radius 1 is 1.09 bits per heavy atom. The second kappa shape index (κ2) is 11.0. The van der Waals surface area contributed by atoms with Crippen molar-refractivity contribution in [3.63, 3.8) is 0 Å². The molecule has 23 heavy (non-hydrogen) atoms. The summed E-state index contributed by atoms with van der Waals surface area (Å²) in [6.45, 7) is 8.33. The molecule has 0 fully saturated rings.